The van der Waals surface area contributed by atoms with Gasteiger partial charge in [0.1, 0.15) is 11.9 Å². The molecule has 1 aromatic rings. The van der Waals surface area contributed by atoms with Gasteiger partial charge >= 0.3 is 11.9 Å². The summed E-state index contributed by atoms with van der Waals surface area (Å²) < 4.78 is 11.5. The third kappa shape index (κ3) is 3.58. The summed E-state index contributed by atoms with van der Waals surface area (Å²) in [5.41, 5.74) is 3.48. The largest absolute Gasteiger partial charge is 0.462 e. The molecular weight excluding hydrogens is 352 g/mol. The molecule has 0 amide bonds. The molecule has 0 bridgehead atoms. The fourth-order valence-electron chi connectivity index (χ4n) is 6.00. The van der Waals surface area contributed by atoms with Crippen molar-refractivity contribution in [2.45, 2.75) is 91.6 Å². The third-order valence-electron chi connectivity index (χ3n) is 6.88. The van der Waals surface area contributed by atoms with Gasteiger partial charge in [0.25, 0.3) is 0 Å². The van der Waals surface area contributed by atoms with Crippen molar-refractivity contribution in [1.82, 2.24) is 0 Å². The minimum Gasteiger partial charge on any atom is -0.462 e. The topological polar surface area (TPSA) is 52.6 Å². The average Bonchev–Trinajstić information content (AvgIpc) is 2.52. The summed E-state index contributed by atoms with van der Waals surface area (Å²) in [5, 5.41) is 0. The Balaban J connectivity index is 2.20. The molecule has 2 aliphatic rings. The summed E-state index contributed by atoms with van der Waals surface area (Å²) in [6, 6.07) is 4.28. The van der Waals surface area contributed by atoms with Gasteiger partial charge in [-0.1, -0.05) is 47.1 Å². The van der Waals surface area contributed by atoms with Crippen molar-refractivity contribution in [2.75, 3.05) is 0 Å². The van der Waals surface area contributed by atoms with Crippen LogP contribution in [0.15, 0.2) is 12.1 Å². The second kappa shape index (κ2) is 7.20. The summed E-state index contributed by atoms with van der Waals surface area (Å²) >= 11 is 0. The predicted molar refractivity (Wildman–Crippen MR) is 110 cm³/mol. The average molecular weight is 387 g/mol. The number of esters is 2. The first-order valence-corrected chi connectivity index (χ1v) is 10.5. The maximum Gasteiger partial charge on any atom is 0.308 e. The van der Waals surface area contributed by atoms with Crippen LogP contribution in [-0.2, 0) is 26.2 Å². The van der Waals surface area contributed by atoms with E-state index in [1.165, 1.54) is 25.0 Å². The predicted octanol–water partition coefficient (Wildman–Crippen LogP) is 5.31. The molecule has 0 radical (unpaired) electrons. The summed E-state index contributed by atoms with van der Waals surface area (Å²) in [6.45, 7) is 14.1. The lowest BCUT2D eigenvalue weighted by molar-refractivity contribution is -0.158. The van der Waals surface area contributed by atoms with E-state index in [2.05, 4.69) is 46.8 Å². The van der Waals surface area contributed by atoms with Crippen molar-refractivity contribution in [1.29, 1.82) is 0 Å². The molecule has 4 nitrogen and oxygen atoms in total. The van der Waals surface area contributed by atoms with Gasteiger partial charge in [-0.15, -0.1) is 0 Å². The first-order valence-electron chi connectivity index (χ1n) is 10.5. The highest BCUT2D eigenvalue weighted by molar-refractivity contribution is 5.70. The van der Waals surface area contributed by atoms with E-state index in [-0.39, 0.29) is 40.7 Å². The number of rotatable bonds is 3. The first-order chi connectivity index (χ1) is 13.0. The Morgan fingerprint density at radius 3 is 2.32 bits per heavy atom. The Kier molecular flexibility index (Phi) is 5.37. The van der Waals surface area contributed by atoms with E-state index in [0.29, 0.717) is 5.75 Å². The van der Waals surface area contributed by atoms with Gasteiger partial charge in [-0.2, -0.15) is 0 Å². The Morgan fingerprint density at radius 2 is 1.75 bits per heavy atom. The molecule has 28 heavy (non-hydrogen) atoms. The fraction of sp³-hybridized carbons (Fsp3) is 0.667. The second-order valence-corrected chi connectivity index (χ2v) is 9.88. The molecule has 0 aromatic heterocycles. The Labute approximate surface area is 169 Å². The van der Waals surface area contributed by atoms with E-state index in [1.54, 1.807) is 0 Å². The van der Waals surface area contributed by atoms with Crippen molar-refractivity contribution in [3.8, 4) is 5.75 Å². The zero-order valence-electron chi connectivity index (χ0n) is 18.3. The van der Waals surface area contributed by atoms with Crippen molar-refractivity contribution < 1.29 is 19.1 Å². The van der Waals surface area contributed by atoms with Crippen molar-refractivity contribution in [3.05, 3.63) is 28.8 Å². The van der Waals surface area contributed by atoms with Crippen LogP contribution in [0.25, 0.3) is 0 Å². The van der Waals surface area contributed by atoms with Crippen LogP contribution in [0.3, 0.4) is 0 Å². The molecular formula is C24H34O4. The smallest absolute Gasteiger partial charge is 0.308 e. The highest BCUT2D eigenvalue weighted by Gasteiger charge is 2.55. The van der Waals surface area contributed by atoms with Crippen molar-refractivity contribution >= 4 is 11.9 Å². The van der Waals surface area contributed by atoms with Crippen LogP contribution in [0.1, 0.15) is 90.3 Å². The van der Waals surface area contributed by atoms with Gasteiger partial charge in [0.05, 0.1) is 0 Å². The second-order valence-electron chi connectivity index (χ2n) is 9.88. The maximum absolute atomic E-state index is 11.9. The van der Waals surface area contributed by atoms with Gasteiger partial charge in [0, 0.05) is 26.2 Å². The van der Waals surface area contributed by atoms with E-state index >= 15 is 0 Å². The lowest BCUT2D eigenvalue weighted by Gasteiger charge is -2.56. The van der Waals surface area contributed by atoms with E-state index in [9.17, 15) is 9.59 Å². The van der Waals surface area contributed by atoms with Crippen LogP contribution in [0, 0.1) is 11.3 Å². The monoisotopic (exact) mass is 386 g/mol. The van der Waals surface area contributed by atoms with Gasteiger partial charge in [0.2, 0.25) is 0 Å². The maximum atomic E-state index is 11.9. The van der Waals surface area contributed by atoms with Crippen LogP contribution in [0.2, 0.25) is 0 Å². The molecule has 0 spiro atoms. The lowest BCUT2D eigenvalue weighted by Crippen LogP contribution is -2.55. The minimum atomic E-state index is -0.291. The number of carbonyl (C=O) groups excluding carboxylic acids is 2. The molecule has 1 aromatic carbocycles. The molecule has 3 rings (SSSR count). The third-order valence-corrected chi connectivity index (χ3v) is 6.88. The number of hydrogen-bond acceptors (Lipinski definition) is 4. The van der Waals surface area contributed by atoms with Crippen LogP contribution in [0.5, 0.6) is 5.75 Å². The van der Waals surface area contributed by atoms with E-state index in [1.807, 2.05) is 0 Å². The highest BCUT2D eigenvalue weighted by Crippen LogP contribution is 2.58. The zero-order chi connectivity index (χ0) is 20.9. The summed E-state index contributed by atoms with van der Waals surface area (Å²) in [6.07, 6.45) is 3.91. The standard InChI is InChI=1S/C24H34O4/c1-14(2)18-11-17-12-21(28-16(4)26)22-23(5,6)9-8-10-24(22,7)19(17)13-20(18)27-15(3)25/h11,13-14,21-22H,8-10,12H2,1-7H3/t21-,22+,24-/m1/s1. The number of carbonyl (C=O) groups is 2. The number of benzene rings is 1. The molecule has 2 aliphatic carbocycles. The Morgan fingerprint density at radius 1 is 1.07 bits per heavy atom. The van der Waals surface area contributed by atoms with E-state index < -0.39 is 0 Å². The van der Waals surface area contributed by atoms with E-state index in [4.69, 9.17) is 9.47 Å². The molecule has 4 heteroatoms. The van der Waals surface area contributed by atoms with Crippen molar-refractivity contribution in [3.63, 3.8) is 0 Å². The quantitative estimate of drug-likeness (QED) is 0.522. The van der Waals surface area contributed by atoms with Gasteiger partial charge in [-0.3, -0.25) is 9.59 Å². The first kappa shape index (κ1) is 20.9. The summed E-state index contributed by atoms with van der Waals surface area (Å²) in [7, 11) is 0. The molecule has 0 heterocycles. The molecule has 154 valence electrons. The van der Waals surface area contributed by atoms with Gasteiger partial charge in [-0.25, -0.2) is 0 Å². The molecule has 0 aliphatic heterocycles. The normalized spacial score (nSPS) is 28.3. The van der Waals surface area contributed by atoms with Gasteiger partial charge < -0.3 is 9.47 Å². The molecule has 3 atom stereocenters. The number of ether oxygens (including phenoxy) is 2. The van der Waals surface area contributed by atoms with Crippen molar-refractivity contribution in [2.24, 2.45) is 11.3 Å². The SMILES string of the molecule is CC(=O)Oc1cc2c(cc1C(C)C)C[C@@H](OC(C)=O)[C@H]1C(C)(C)CCC[C@]21C. The minimum absolute atomic E-state index is 0.0725. The summed E-state index contributed by atoms with van der Waals surface area (Å²) in [5.74, 6) is 0.648. The fourth-order valence-corrected chi connectivity index (χ4v) is 6.00. The van der Waals surface area contributed by atoms with Gasteiger partial charge in [-0.05, 0) is 52.3 Å². The molecule has 1 saturated carbocycles. The Hall–Kier alpha value is -1.84. The molecule has 0 N–H and O–H groups in total. The molecule has 0 unspecified atom stereocenters. The lowest BCUT2D eigenvalue weighted by atomic mass is 9.49. The Bertz CT molecular complexity index is 792. The van der Waals surface area contributed by atoms with Crippen LogP contribution >= 0.6 is 0 Å². The van der Waals surface area contributed by atoms with E-state index in [0.717, 1.165) is 31.2 Å². The summed E-state index contributed by atoms with van der Waals surface area (Å²) in [4.78, 5) is 23.6. The number of hydrogen-bond donors (Lipinski definition) is 0. The van der Waals surface area contributed by atoms with Gasteiger partial charge in [0.15, 0.2) is 0 Å². The van der Waals surface area contributed by atoms with Crippen LogP contribution in [-0.4, -0.2) is 18.0 Å². The van der Waals surface area contributed by atoms with Crippen LogP contribution < -0.4 is 4.74 Å². The highest BCUT2D eigenvalue weighted by atomic mass is 16.5. The zero-order valence-corrected chi connectivity index (χ0v) is 18.3. The molecule has 0 saturated heterocycles. The number of fused-ring (bicyclic) bond motifs is 3. The molecule has 1 fully saturated rings. The van der Waals surface area contributed by atoms with Crippen LogP contribution in [0.4, 0.5) is 0 Å².